The molecule has 0 aliphatic heterocycles. The van der Waals surface area contributed by atoms with Crippen LogP contribution in [0.5, 0.6) is 0 Å². The van der Waals surface area contributed by atoms with Gasteiger partial charge in [0.25, 0.3) is 5.91 Å². The normalized spacial score (nSPS) is 13.7. The first kappa shape index (κ1) is 19.0. The fourth-order valence-corrected chi connectivity index (χ4v) is 4.05. The Morgan fingerprint density at radius 2 is 1.74 bits per heavy atom. The molecule has 138 valence electrons. The summed E-state index contributed by atoms with van der Waals surface area (Å²) in [4.78, 5) is 25.9. The van der Waals surface area contributed by atoms with Gasteiger partial charge in [-0.25, -0.2) is 4.79 Å². The molecule has 0 spiro atoms. The second-order valence-electron chi connectivity index (χ2n) is 6.33. The standard InChI is InChI=1S/C21H20N2O3S/c22-13-15-7-1-5-11-18(15)27-19-12-6-4-10-17(19)21(25)26-14-20(24)23-16-8-2-3-9-16/h1,4-7,10-12,16H,2-3,8-9,14H2,(H,23,24). The summed E-state index contributed by atoms with van der Waals surface area (Å²) in [7, 11) is 0. The highest BCUT2D eigenvalue weighted by Gasteiger charge is 2.19. The zero-order chi connectivity index (χ0) is 19.1. The summed E-state index contributed by atoms with van der Waals surface area (Å²) in [6.45, 7) is -0.289. The molecular weight excluding hydrogens is 360 g/mol. The predicted octanol–water partition coefficient (Wildman–Crippen LogP) is 3.93. The van der Waals surface area contributed by atoms with Crippen molar-refractivity contribution in [3.8, 4) is 6.07 Å². The number of carbonyl (C=O) groups is 2. The number of esters is 1. The smallest absolute Gasteiger partial charge is 0.339 e. The number of carbonyl (C=O) groups excluding carboxylic acids is 2. The Hall–Kier alpha value is -2.78. The monoisotopic (exact) mass is 380 g/mol. The molecule has 0 saturated heterocycles. The van der Waals surface area contributed by atoms with E-state index in [4.69, 9.17) is 4.74 Å². The highest BCUT2D eigenvalue weighted by atomic mass is 32.2. The molecule has 5 nitrogen and oxygen atoms in total. The van der Waals surface area contributed by atoms with Gasteiger partial charge in [0.15, 0.2) is 6.61 Å². The van der Waals surface area contributed by atoms with Gasteiger partial charge in [-0.3, -0.25) is 4.79 Å². The Balaban J connectivity index is 1.65. The Labute approximate surface area is 162 Å². The van der Waals surface area contributed by atoms with Crippen LogP contribution in [0.1, 0.15) is 41.6 Å². The van der Waals surface area contributed by atoms with E-state index in [1.54, 1.807) is 30.3 Å². The molecule has 1 amide bonds. The van der Waals surface area contributed by atoms with Crippen LogP contribution in [-0.2, 0) is 9.53 Å². The van der Waals surface area contributed by atoms with Crippen LogP contribution in [-0.4, -0.2) is 24.5 Å². The number of nitriles is 1. The van der Waals surface area contributed by atoms with Gasteiger partial charge in [-0.2, -0.15) is 5.26 Å². The van der Waals surface area contributed by atoms with E-state index < -0.39 is 5.97 Å². The molecule has 2 aromatic rings. The highest BCUT2D eigenvalue weighted by Crippen LogP contribution is 2.32. The number of nitrogens with one attached hydrogen (secondary N) is 1. The summed E-state index contributed by atoms with van der Waals surface area (Å²) in [5.74, 6) is -0.815. The first-order valence-corrected chi connectivity index (χ1v) is 9.71. The van der Waals surface area contributed by atoms with Crippen LogP contribution in [0.15, 0.2) is 58.3 Å². The van der Waals surface area contributed by atoms with Crippen molar-refractivity contribution < 1.29 is 14.3 Å². The minimum absolute atomic E-state index is 0.196. The van der Waals surface area contributed by atoms with Gasteiger partial charge in [-0.1, -0.05) is 48.9 Å². The quantitative estimate of drug-likeness (QED) is 0.768. The van der Waals surface area contributed by atoms with E-state index in [0.717, 1.165) is 30.6 Å². The third kappa shape index (κ3) is 5.11. The lowest BCUT2D eigenvalue weighted by atomic mass is 10.2. The predicted molar refractivity (Wildman–Crippen MR) is 102 cm³/mol. The van der Waals surface area contributed by atoms with E-state index in [1.807, 2.05) is 18.2 Å². The van der Waals surface area contributed by atoms with Crippen LogP contribution < -0.4 is 5.32 Å². The molecule has 6 heteroatoms. The molecule has 27 heavy (non-hydrogen) atoms. The SMILES string of the molecule is N#Cc1ccccc1Sc1ccccc1C(=O)OCC(=O)NC1CCCC1. The van der Waals surface area contributed by atoms with Crippen molar-refractivity contribution >= 4 is 23.6 Å². The molecule has 0 radical (unpaired) electrons. The van der Waals surface area contributed by atoms with Crippen molar-refractivity contribution in [2.45, 2.75) is 41.5 Å². The first-order valence-electron chi connectivity index (χ1n) is 8.90. The molecule has 2 aromatic carbocycles. The summed E-state index contributed by atoms with van der Waals surface area (Å²) < 4.78 is 5.21. The zero-order valence-corrected chi connectivity index (χ0v) is 15.6. The molecule has 1 N–H and O–H groups in total. The van der Waals surface area contributed by atoms with Crippen LogP contribution >= 0.6 is 11.8 Å². The van der Waals surface area contributed by atoms with Crippen molar-refractivity contribution in [2.24, 2.45) is 0 Å². The van der Waals surface area contributed by atoms with Crippen LogP contribution in [0, 0.1) is 11.3 Å². The number of hydrogen-bond donors (Lipinski definition) is 1. The average molecular weight is 380 g/mol. The van der Waals surface area contributed by atoms with Crippen molar-refractivity contribution in [1.29, 1.82) is 5.26 Å². The molecule has 0 atom stereocenters. The maximum atomic E-state index is 12.5. The van der Waals surface area contributed by atoms with E-state index >= 15 is 0 Å². The molecule has 0 unspecified atom stereocenters. The van der Waals surface area contributed by atoms with E-state index in [1.165, 1.54) is 11.8 Å². The Kier molecular flexibility index (Phi) is 6.50. The van der Waals surface area contributed by atoms with Gasteiger partial charge >= 0.3 is 5.97 Å². The molecule has 0 bridgehead atoms. The highest BCUT2D eigenvalue weighted by molar-refractivity contribution is 7.99. The lowest BCUT2D eigenvalue weighted by molar-refractivity contribution is -0.124. The number of hydrogen-bond acceptors (Lipinski definition) is 5. The molecule has 1 saturated carbocycles. The maximum Gasteiger partial charge on any atom is 0.339 e. The van der Waals surface area contributed by atoms with Crippen molar-refractivity contribution in [3.63, 3.8) is 0 Å². The Morgan fingerprint density at radius 3 is 2.48 bits per heavy atom. The van der Waals surface area contributed by atoms with Gasteiger partial charge in [0.05, 0.1) is 11.1 Å². The molecule has 0 aromatic heterocycles. The molecule has 1 fully saturated rings. The van der Waals surface area contributed by atoms with E-state index in [9.17, 15) is 14.9 Å². The number of ether oxygens (including phenoxy) is 1. The van der Waals surface area contributed by atoms with Gasteiger partial charge in [0.1, 0.15) is 6.07 Å². The second kappa shape index (κ2) is 9.24. The first-order chi connectivity index (χ1) is 13.2. The zero-order valence-electron chi connectivity index (χ0n) is 14.8. The van der Waals surface area contributed by atoms with Crippen molar-refractivity contribution in [2.75, 3.05) is 6.61 Å². The minimum Gasteiger partial charge on any atom is -0.452 e. The van der Waals surface area contributed by atoms with Crippen molar-refractivity contribution in [3.05, 3.63) is 59.7 Å². The number of nitrogens with zero attached hydrogens (tertiary/aromatic N) is 1. The van der Waals surface area contributed by atoms with Gasteiger partial charge in [0.2, 0.25) is 0 Å². The van der Waals surface area contributed by atoms with Crippen molar-refractivity contribution in [1.82, 2.24) is 5.32 Å². The molecule has 1 aliphatic rings. The summed E-state index contributed by atoms with van der Waals surface area (Å²) in [5, 5.41) is 12.1. The number of benzene rings is 2. The fraction of sp³-hybridized carbons (Fsp3) is 0.286. The van der Waals surface area contributed by atoms with E-state index in [0.29, 0.717) is 16.0 Å². The number of amides is 1. The third-order valence-corrected chi connectivity index (χ3v) is 5.54. The van der Waals surface area contributed by atoms with Gasteiger partial charge in [-0.15, -0.1) is 0 Å². The summed E-state index contributed by atoms with van der Waals surface area (Å²) in [6.07, 6.45) is 4.22. The molecule has 3 rings (SSSR count). The maximum absolute atomic E-state index is 12.5. The van der Waals surface area contributed by atoms with Gasteiger partial charge in [0, 0.05) is 15.8 Å². The largest absolute Gasteiger partial charge is 0.452 e. The number of rotatable bonds is 6. The third-order valence-electron chi connectivity index (χ3n) is 4.39. The van der Waals surface area contributed by atoms with Crippen LogP contribution in [0.3, 0.4) is 0 Å². The van der Waals surface area contributed by atoms with Crippen LogP contribution in [0.25, 0.3) is 0 Å². The van der Waals surface area contributed by atoms with Gasteiger partial charge in [-0.05, 0) is 37.1 Å². The van der Waals surface area contributed by atoms with Crippen LogP contribution in [0.2, 0.25) is 0 Å². The molecular formula is C21H20N2O3S. The summed E-state index contributed by atoms with van der Waals surface area (Å²) >= 11 is 1.33. The van der Waals surface area contributed by atoms with E-state index in [-0.39, 0.29) is 18.6 Å². The van der Waals surface area contributed by atoms with Crippen LogP contribution in [0.4, 0.5) is 0 Å². The minimum atomic E-state index is -0.547. The summed E-state index contributed by atoms with van der Waals surface area (Å²) in [6, 6.07) is 16.6. The Bertz CT molecular complexity index is 870. The second-order valence-corrected chi connectivity index (χ2v) is 7.41. The fourth-order valence-electron chi connectivity index (χ4n) is 3.04. The molecule has 0 heterocycles. The lowest BCUT2D eigenvalue weighted by Crippen LogP contribution is -2.35. The summed E-state index contributed by atoms with van der Waals surface area (Å²) in [5.41, 5.74) is 0.922. The van der Waals surface area contributed by atoms with Gasteiger partial charge < -0.3 is 10.1 Å². The Morgan fingerprint density at radius 1 is 1.07 bits per heavy atom. The molecule has 1 aliphatic carbocycles. The lowest BCUT2D eigenvalue weighted by Gasteiger charge is -2.13. The van der Waals surface area contributed by atoms with E-state index in [2.05, 4.69) is 11.4 Å². The average Bonchev–Trinajstić information content (AvgIpc) is 3.20. The topological polar surface area (TPSA) is 79.2 Å².